The van der Waals surface area contributed by atoms with Gasteiger partial charge in [-0.05, 0) is 12.8 Å². The van der Waals surface area contributed by atoms with Crippen molar-refractivity contribution in [1.82, 2.24) is 0 Å². The molecule has 0 bridgehead atoms. The summed E-state index contributed by atoms with van der Waals surface area (Å²) in [6.07, 6.45) is 4.39. The Bertz CT molecular complexity index is 99.7. The largest absolute Gasteiger partial charge is 0.408 e. The fraction of sp³-hybridized carbons (Fsp3) is 0.833. The van der Waals surface area contributed by atoms with Crippen molar-refractivity contribution < 1.29 is 4.74 Å². The quantitative estimate of drug-likeness (QED) is 0.451. The lowest BCUT2D eigenvalue weighted by Gasteiger charge is -2.02. The minimum Gasteiger partial charge on any atom is -0.408 e. The van der Waals surface area contributed by atoms with Crippen molar-refractivity contribution in [2.75, 3.05) is 0 Å². The highest BCUT2D eigenvalue weighted by Crippen LogP contribution is 2.07. The molecule has 0 spiro atoms. The standard InChI is InChI=1S/C6H10ClNO/c1-2-3-4-6(7)9-5-8/h6H,2-4H2,1H3. The van der Waals surface area contributed by atoms with Crippen molar-refractivity contribution in [3.8, 4) is 6.26 Å². The van der Waals surface area contributed by atoms with Gasteiger partial charge in [0, 0.05) is 0 Å². The van der Waals surface area contributed by atoms with Crippen LogP contribution in [0, 0.1) is 11.5 Å². The Labute approximate surface area is 60.4 Å². The zero-order valence-corrected chi connectivity index (χ0v) is 6.19. The van der Waals surface area contributed by atoms with E-state index >= 15 is 0 Å². The first-order valence-electron chi connectivity index (χ1n) is 3.00. The highest BCUT2D eigenvalue weighted by atomic mass is 35.5. The summed E-state index contributed by atoms with van der Waals surface area (Å²) in [6, 6.07) is 0. The molecule has 3 heteroatoms. The summed E-state index contributed by atoms with van der Waals surface area (Å²) in [4.78, 5) is 0. The lowest BCUT2D eigenvalue weighted by Crippen LogP contribution is -1.99. The Hall–Kier alpha value is -0.420. The highest BCUT2D eigenvalue weighted by Gasteiger charge is 2.01. The number of halogens is 1. The summed E-state index contributed by atoms with van der Waals surface area (Å²) in [7, 11) is 0. The van der Waals surface area contributed by atoms with Crippen molar-refractivity contribution in [3.63, 3.8) is 0 Å². The summed E-state index contributed by atoms with van der Waals surface area (Å²) in [6.45, 7) is 2.07. The molecule has 0 aliphatic heterocycles. The molecule has 0 aromatic heterocycles. The Morgan fingerprint density at radius 2 is 2.44 bits per heavy atom. The molecule has 0 amide bonds. The minimum atomic E-state index is -0.421. The molecule has 9 heavy (non-hydrogen) atoms. The molecule has 0 rings (SSSR count). The van der Waals surface area contributed by atoms with Crippen LogP contribution < -0.4 is 0 Å². The number of unbranched alkanes of at least 4 members (excludes halogenated alkanes) is 1. The molecule has 1 atom stereocenters. The van der Waals surface area contributed by atoms with E-state index in [9.17, 15) is 0 Å². The van der Waals surface area contributed by atoms with E-state index in [1.54, 1.807) is 6.26 Å². The van der Waals surface area contributed by atoms with E-state index in [-0.39, 0.29) is 0 Å². The first-order valence-corrected chi connectivity index (χ1v) is 3.43. The monoisotopic (exact) mass is 147 g/mol. The van der Waals surface area contributed by atoms with Crippen molar-refractivity contribution in [3.05, 3.63) is 0 Å². The first-order chi connectivity index (χ1) is 4.31. The SMILES string of the molecule is CCCCC(Cl)OC#N. The molecule has 0 aliphatic carbocycles. The van der Waals surface area contributed by atoms with Gasteiger partial charge in [0.15, 0.2) is 5.56 Å². The number of alkyl halides is 1. The van der Waals surface area contributed by atoms with Gasteiger partial charge < -0.3 is 4.74 Å². The van der Waals surface area contributed by atoms with E-state index in [1.807, 2.05) is 0 Å². The van der Waals surface area contributed by atoms with Crippen LogP contribution >= 0.6 is 11.6 Å². The molecule has 0 saturated carbocycles. The smallest absolute Gasteiger partial charge is 0.287 e. The second kappa shape index (κ2) is 5.71. The number of hydrogen-bond acceptors (Lipinski definition) is 2. The molecule has 0 fully saturated rings. The first kappa shape index (κ1) is 8.58. The zero-order chi connectivity index (χ0) is 7.11. The van der Waals surface area contributed by atoms with Crippen LogP contribution in [0.2, 0.25) is 0 Å². The van der Waals surface area contributed by atoms with Crippen LogP contribution in [0.1, 0.15) is 26.2 Å². The maximum absolute atomic E-state index is 7.98. The van der Waals surface area contributed by atoms with Crippen LogP contribution in [-0.4, -0.2) is 5.56 Å². The van der Waals surface area contributed by atoms with Crippen molar-refractivity contribution in [2.24, 2.45) is 0 Å². The van der Waals surface area contributed by atoms with Crippen molar-refractivity contribution in [2.45, 2.75) is 31.7 Å². The lowest BCUT2D eigenvalue weighted by molar-refractivity contribution is 0.223. The fourth-order valence-electron chi connectivity index (χ4n) is 0.481. The summed E-state index contributed by atoms with van der Waals surface area (Å²) < 4.78 is 4.41. The third-order valence-corrected chi connectivity index (χ3v) is 1.27. The third kappa shape index (κ3) is 5.45. The van der Waals surface area contributed by atoms with Gasteiger partial charge in [-0.15, -0.1) is 0 Å². The molecule has 0 aromatic carbocycles. The normalized spacial score (nSPS) is 12.1. The molecule has 0 radical (unpaired) electrons. The molecule has 52 valence electrons. The van der Waals surface area contributed by atoms with Crippen LogP contribution in [-0.2, 0) is 4.74 Å². The molecular formula is C6H10ClNO. The van der Waals surface area contributed by atoms with Crippen molar-refractivity contribution in [1.29, 1.82) is 5.26 Å². The van der Waals surface area contributed by atoms with E-state index in [4.69, 9.17) is 16.9 Å². The van der Waals surface area contributed by atoms with Gasteiger partial charge in [0.05, 0.1) is 0 Å². The van der Waals surface area contributed by atoms with E-state index in [0.717, 1.165) is 19.3 Å². The molecule has 0 saturated heterocycles. The predicted octanol–water partition coefficient (Wildman–Crippen LogP) is 2.24. The van der Waals surface area contributed by atoms with E-state index < -0.39 is 5.56 Å². The molecule has 0 aromatic rings. The predicted molar refractivity (Wildman–Crippen MR) is 35.9 cm³/mol. The van der Waals surface area contributed by atoms with Gasteiger partial charge in [-0.2, -0.15) is 5.26 Å². The fourth-order valence-corrected chi connectivity index (χ4v) is 0.675. The van der Waals surface area contributed by atoms with Gasteiger partial charge in [0.1, 0.15) is 0 Å². The molecule has 2 nitrogen and oxygen atoms in total. The van der Waals surface area contributed by atoms with Crippen molar-refractivity contribution >= 4 is 11.6 Å². The van der Waals surface area contributed by atoms with Crippen LogP contribution in [0.15, 0.2) is 0 Å². The second-order valence-corrected chi connectivity index (χ2v) is 2.25. The number of rotatable bonds is 4. The number of nitriles is 1. The summed E-state index contributed by atoms with van der Waals surface area (Å²) >= 11 is 5.51. The summed E-state index contributed by atoms with van der Waals surface area (Å²) in [5.41, 5.74) is -0.421. The van der Waals surface area contributed by atoms with E-state index in [2.05, 4.69) is 11.7 Å². The molecule has 0 aliphatic rings. The Morgan fingerprint density at radius 3 is 2.89 bits per heavy atom. The maximum atomic E-state index is 7.98. The Kier molecular flexibility index (Phi) is 5.45. The average molecular weight is 148 g/mol. The molecule has 0 N–H and O–H groups in total. The minimum absolute atomic E-state index is 0.421. The number of hydrogen-bond donors (Lipinski definition) is 0. The second-order valence-electron chi connectivity index (χ2n) is 1.76. The van der Waals surface area contributed by atoms with Gasteiger partial charge in [-0.25, -0.2) is 0 Å². The summed E-state index contributed by atoms with van der Waals surface area (Å²) in [5.74, 6) is 0. The van der Waals surface area contributed by atoms with E-state index in [1.165, 1.54) is 0 Å². The molecule has 1 unspecified atom stereocenters. The zero-order valence-electron chi connectivity index (χ0n) is 5.43. The van der Waals surface area contributed by atoms with Gasteiger partial charge >= 0.3 is 0 Å². The van der Waals surface area contributed by atoms with Gasteiger partial charge in [-0.1, -0.05) is 24.9 Å². The van der Waals surface area contributed by atoms with Crippen LogP contribution in [0.3, 0.4) is 0 Å². The Balaban J connectivity index is 3.08. The molecular weight excluding hydrogens is 138 g/mol. The highest BCUT2D eigenvalue weighted by molar-refractivity contribution is 6.19. The summed E-state index contributed by atoms with van der Waals surface area (Å²) in [5, 5.41) is 7.98. The molecule has 0 heterocycles. The van der Waals surface area contributed by atoms with Gasteiger partial charge in [-0.3, -0.25) is 0 Å². The maximum Gasteiger partial charge on any atom is 0.287 e. The lowest BCUT2D eigenvalue weighted by atomic mass is 10.3. The van der Waals surface area contributed by atoms with Crippen LogP contribution in [0.5, 0.6) is 0 Å². The van der Waals surface area contributed by atoms with Crippen LogP contribution in [0.4, 0.5) is 0 Å². The average Bonchev–Trinajstić information content (AvgIpc) is 1.85. The van der Waals surface area contributed by atoms with Crippen LogP contribution in [0.25, 0.3) is 0 Å². The Morgan fingerprint density at radius 1 is 1.78 bits per heavy atom. The number of nitrogens with zero attached hydrogens (tertiary/aromatic N) is 1. The topological polar surface area (TPSA) is 33.0 Å². The van der Waals surface area contributed by atoms with E-state index in [0.29, 0.717) is 0 Å². The third-order valence-electron chi connectivity index (χ3n) is 0.965. The number of ether oxygens (including phenoxy) is 1. The van der Waals surface area contributed by atoms with Gasteiger partial charge in [0.25, 0.3) is 6.26 Å². The van der Waals surface area contributed by atoms with Gasteiger partial charge in [0.2, 0.25) is 0 Å².